The number of esters is 1. The number of aromatic nitrogens is 2. The molecule has 0 fully saturated rings. The summed E-state index contributed by atoms with van der Waals surface area (Å²) in [4.78, 5) is 45.7. The van der Waals surface area contributed by atoms with Gasteiger partial charge in [0.05, 0.1) is 23.7 Å². The number of hydrogen-bond donors (Lipinski definition) is 2. The minimum absolute atomic E-state index is 0.0836. The van der Waals surface area contributed by atoms with Crippen LogP contribution in [0.15, 0.2) is 42.9 Å². The van der Waals surface area contributed by atoms with Gasteiger partial charge >= 0.3 is 5.97 Å². The molecule has 2 aromatic heterocycles. The van der Waals surface area contributed by atoms with Crippen LogP contribution in [0.5, 0.6) is 0 Å². The molecule has 0 spiro atoms. The normalized spacial score (nSPS) is 10.3. The van der Waals surface area contributed by atoms with Crippen molar-refractivity contribution in [1.29, 1.82) is 0 Å². The number of hydrogen-bond acceptors (Lipinski definition) is 7. The average Bonchev–Trinajstić information content (AvgIpc) is 3.05. The summed E-state index contributed by atoms with van der Waals surface area (Å²) in [6.07, 6.45) is 4.14. The number of thiophene rings is 1. The van der Waals surface area contributed by atoms with E-state index >= 15 is 0 Å². The van der Waals surface area contributed by atoms with Crippen molar-refractivity contribution >= 4 is 39.8 Å². The van der Waals surface area contributed by atoms with Crippen LogP contribution in [0.1, 0.15) is 41.6 Å². The predicted molar refractivity (Wildman–Crippen MR) is 110 cm³/mol. The number of methoxy groups -OCH3 is 1. The van der Waals surface area contributed by atoms with Crippen molar-refractivity contribution < 1.29 is 19.1 Å². The van der Waals surface area contributed by atoms with E-state index < -0.39 is 11.9 Å². The number of aryl methyl sites for hydroxylation is 1. The highest BCUT2D eigenvalue weighted by atomic mass is 32.1. The van der Waals surface area contributed by atoms with Gasteiger partial charge < -0.3 is 15.4 Å². The van der Waals surface area contributed by atoms with E-state index in [9.17, 15) is 14.4 Å². The van der Waals surface area contributed by atoms with E-state index in [4.69, 9.17) is 4.74 Å². The van der Waals surface area contributed by atoms with Gasteiger partial charge in [-0.15, -0.1) is 11.3 Å². The summed E-state index contributed by atoms with van der Waals surface area (Å²) >= 11 is 0.993. The molecule has 8 nitrogen and oxygen atoms in total. The lowest BCUT2D eigenvalue weighted by Crippen LogP contribution is -2.15. The van der Waals surface area contributed by atoms with Crippen LogP contribution in [-0.2, 0) is 4.74 Å². The number of para-hydroxylation sites is 1. The molecule has 0 saturated heterocycles. The number of benzene rings is 1. The largest absolute Gasteiger partial charge is 0.465 e. The third-order valence-electron chi connectivity index (χ3n) is 4.16. The Morgan fingerprint density at radius 1 is 1.03 bits per heavy atom. The third-order valence-corrected chi connectivity index (χ3v) is 5.36. The van der Waals surface area contributed by atoms with Crippen molar-refractivity contribution in [3.63, 3.8) is 0 Å². The van der Waals surface area contributed by atoms with E-state index in [0.717, 1.165) is 16.9 Å². The van der Waals surface area contributed by atoms with Crippen molar-refractivity contribution in [2.24, 2.45) is 0 Å². The van der Waals surface area contributed by atoms with Gasteiger partial charge in [-0.25, -0.2) is 9.78 Å². The molecular formula is C20H18N4O4S. The Balaban J connectivity index is 1.95. The first kappa shape index (κ1) is 20.2. The fourth-order valence-electron chi connectivity index (χ4n) is 2.64. The second kappa shape index (κ2) is 8.61. The zero-order valence-electron chi connectivity index (χ0n) is 16.0. The number of ether oxygens (including phenoxy) is 1. The molecule has 3 rings (SSSR count). The molecule has 29 heavy (non-hydrogen) atoms. The summed E-state index contributed by atoms with van der Waals surface area (Å²) in [6.45, 7) is 3.51. The summed E-state index contributed by atoms with van der Waals surface area (Å²) in [5.74, 6) is -1.58. The van der Waals surface area contributed by atoms with Crippen molar-refractivity contribution in [3.8, 4) is 0 Å². The van der Waals surface area contributed by atoms with E-state index in [1.54, 1.807) is 13.0 Å². The lowest BCUT2D eigenvalue weighted by atomic mass is 10.1. The number of carbonyl (C=O) groups excluding carboxylic acids is 3. The summed E-state index contributed by atoms with van der Waals surface area (Å²) in [5.41, 5.74) is 2.20. The fraction of sp³-hybridized carbons (Fsp3) is 0.150. The standard InChI is InChI=1S/C20H18N4O4S/c1-11-6-4-5-7-13(11)23-18(26)16-12(2)15(20(27)28-3)19(29-16)24-17(25)14-10-21-8-9-22-14/h4-10H,1-3H3,(H,23,26)(H,24,25). The molecule has 2 N–H and O–H groups in total. The molecule has 0 atom stereocenters. The Labute approximate surface area is 171 Å². The summed E-state index contributed by atoms with van der Waals surface area (Å²) in [7, 11) is 1.24. The Hall–Kier alpha value is -3.59. The van der Waals surface area contributed by atoms with Crippen LogP contribution in [0, 0.1) is 13.8 Å². The molecular weight excluding hydrogens is 392 g/mol. The quantitative estimate of drug-likeness (QED) is 0.624. The van der Waals surface area contributed by atoms with Crippen molar-refractivity contribution in [2.45, 2.75) is 13.8 Å². The van der Waals surface area contributed by atoms with Crippen LogP contribution in [0.2, 0.25) is 0 Å². The zero-order valence-corrected chi connectivity index (χ0v) is 16.8. The molecule has 1 aromatic carbocycles. The van der Waals surface area contributed by atoms with Gasteiger partial charge in [0, 0.05) is 18.1 Å². The molecule has 0 saturated carbocycles. The Morgan fingerprint density at radius 2 is 1.79 bits per heavy atom. The first-order valence-corrected chi connectivity index (χ1v) is 9.40. The van der Waals surface area contributed by atoms with Crippen LogP contribution in [0.3, 0.4) is 0 Å². The van der Waals surface area contributed by atoms with E-state index in [1.807, 2.05) is 25.1 Å². The number of anilines is 2. The van der Waals surface area contributed by atoms with E-state index in [-0.39, 0.29) is 22.2 Å². The molecule has 0 aliphatic carbocycles. The molecule has 148 valence electrons. The molecule has 0 aliphatic heterocycles. The fourth-order valence-corrected chi connectivity index (χ4v) is 3.73. The van der Waals surface area contributed by atoms with Crippen LogP contribution in [-0.4, -0.2) is 34.9 Å². The minimum Gasteiger partial charge on any atom is -0.465 e. The van der Waals surface area contributed by atoms with Crippen molar-refractivity contribution in [2.75, 3.05) is 17.7 Å². The average molecular weight is 410 g/mol. The van der Waals surface area contributed by atoms with Gasteiger partial charge in [0.1, 0.15) is 10.7 Å². The smallest absolute Gasteiger partial charge is 0.341 e. The Morgan fingerprint density at radius 3 is 2.45 bits per heavy atom. The van der Waals surface area contributed by atoms with Crippen molar-refractivity contribution in [1.82, 2.24) is 9.97 Å². The zero-order chi connectivity index (χ0) is 21.0. The number of amides is 2. The van der Waals surface area contributed by atoms with Gasteiger partial charge in [-0.1, -0.05) is 18.2 Å². The van der Waals surface area contributed by atoms with E-state index in [0.29, 0.717) is 16.1 Å². The van der Waals surface area contributed by atoms with Gasteiger partial charge in [-0.2, -0.15) is 0 Å². The summed E-state index contributed by atoms with van der Waals surface area (Å²) in [5, 5.41) is 5.67. The number of nitrogens with zero attached hydrogens (tertiary/aromatic N) is 2. The molecule has 2 amide bonds. The lowest BCUT2D eigenvalue weighted by Gasteiger charge is -2.07. The van der Waals surface area contributed by atoms with Gasteiger partial charge in [-0.3, -0.25) is 14.6 Å². The maximum atomic E-state index is 12.8. The maximum absolute atomic E-state index is 12.8. The second-order valence-corrected chi connectivity index (χ2v) is 7.09. The lowest BCUT2D eigenvalue weighted by molar-refractivity contribution is 0.0601. The molecule has 3 aromatic rings. The summed E-state index contributed by atoms with van der Waals surface area (Å²) in [6, 6.07) is 7.35. The molecule has 0 aliphatic rings. The van der Waals surface area contributed by atoms with E-state index in [1.165, 1.54) is 25.7 Å². The molecule has 2 heterocycles. The first-order valence-electron chi connectivity index (χ1n) is 8.58. The Bertz CT molecular complexity index is 1080. The topological polar surface area (TPSA) is 110 Å². The molecule has 9 heteroatoms. The summed E-state index contributed by atoms with van der Waals surface area (Å²) < 4.78 is 4.83. The predicted octanol–water partition coefficient (Wildman–Crippen LogP) is 3.45. The molecule has 0 unspecified atom stereocenters. The maximum Gasteiger partial charge on any atom is 0.341 e. The number of rotatable bonds is 5. The van der Waals surface area contributed by atoms with Crippen LogP contribution in [0.4, 0.5) is 10.7 Å². The minimum atomic E-state index is -0.650. The third kappa shape index (κ3) is 4.30. The van der Waals surface area contributed by atoms with Gasteiger partial charge in [0.2, 0.25) is 0 Å². The van der Waals surface area contributed by atoms with Crippen LogP contribution >= 0.6 is 11.3 Å². The van der Waals surface area contributed by atoms with E-state index in [2.05, 4.69) is 20.6 Å². The monoisotopic (exact) mass is 410 g/mol. The Kier molecular flexibility index (Phi) is 5.99. The number of nitrogens with one attached hydrogen (secondary N) is 2. The van der Waals surface area contributed by atoms with Gasteiger partial charge in [0.25, 0.3) is 11.8 Å². The second-order valence-electron chi connectivity index (χ2n) is 6.07. The van der Waals surface area contributed by atoms with Gasteiger partial charge in [-0.05, 0) is 31.0 Å². The highest BCUT2D eigenvalue weighted by molar-refractivity contribution is 7.19. The SMILES string of the molecule is COC(=O)c1c(NC(=O)c2cnccn2)sc(C(=O)Nc2ccccc2C)c1C. The first-order chi connectivity index (χ1) is 13.9. The number of carbonyl (C=O) groups is 3. The van der Waals surface area contributed by atoms with Crippen molar-refractivity contribution in [3.05, 3.63) is 70.1 Å². The molecule has 0 bridgehead atoms. The molecule has 0 radical (unpaired) electrons. The van der Waals surface area contributed by atoms with Crippen LogP contribution < -0.4 is 10.6 Å². The van der Waals surface area contributed by atoms with Gasteiger partial charge in [0.15, 0.2) is 0 Å². The highest BCUT2D eigenvalue weighted by Gasteiger charge is 2.27. The highest BCUT2D eigenvalue weighted by Crippen LogP contribution is 2.34. The van der Waals surface area contributed by atoms with Crippen LogP contribution in [0.25, 0.3) is 0 Å².